The van der Waals surface area contributed by atoms with Crippen LogP contribution in [0.4, 0.5) is 4.39 Å². The van der Waals surface area contributed by atoms with E-state index in [0.717, 1.165) is 11.8 Å². The highest BCUT2D eigenvalue weighted by Gasteiger charge is 2.14. The molecule has 0 saturated carbocycles. The molecule has 0 spiro atoms. The number of benzene rings is 1. The van der Waals surface area contributed by atoms with Gasteiger partial charge in [-0.2, -0.15) is 0 Å². The van der Waals surface area contributed by atoms with E-state index in [9.17, 15) is 9.18 Å². The number of halogens is 2. The van der Waals surface area contributed by atoms with E-state index in [1.165, 1.54) is 12.1 Å². The molecule has 0 aliphatic carbocycles. The third kappa shape index (κ3) is 4.41. The third-order valence-electron chi connectivity index (χ3n) is 2.70. The molecule has 0 fully saturated rings. The van der Waals surface area contributed by atoms with Crippen LogP contribution in [0.15, 0.2) is 18.2 Å². The van der Waals surface area contributed by atoms with Crippen LogP contribution in [0.25, 0.3) is 0 Å². The van der Waals surface area contributed by atoms with E-state index in [1.807, 2.05) is 0 Å². The molecule has 1 unspecified atom stereocenters. The lowest BCUT2D eigenvalue weighted by Gasteiger charge is -2.18. The van der Waals surface area contributed by atoms with Crippen molar-refractivity contribution in [3.63, 3.8) is 0 Å². The lowest BCUT2D eigenvalue weighted by atomic mass is 10.0. The topological polar surface area (TPSA) is 29.1 Å². The molecule has 1 atom stereocenters. The molecule has 0 aliphatic heterocycles. The maximum Gasteiger partial charge on any atom is 0.251 e. The van der Waals surface area contributed by atoms with Crippen molar-refractivity contribution in [2.24, 2.45) is 5.92 Å². The predicted octanol–water partition coefficient (Wildman–Crippen LogP) is 3.67. The van der Waals surface area contributed by atoms with Crippen molar-refractivity contribution in [3.8, 4) is 0 Å². The lowest BCUT2D eigenvalue weighted by molar-refractivity contribution is 0.0937. The zero-order valence-corrected chi connectivity index (χ0v) is 12.6. The first-order valence-corrected chi connectivity index (χ1v) is 7.19. The van der Waals surface area contributed by atoms with Gasteiger partial charge >= 0.3 is 0 Å². The van der Waals surface area contributed by atoms with E-state index < -0.39 is 0 Å². The standard InChI is InChI=1S/C14H19BrFNO/c1-9(2)6-12(8-15)17-14(18)11-4-5-13(16)10(3)7-11/h4-5,7,9,12H,6,8H2,1-3H3,(H,17,18). The van der Waals surface area contributed by atoms with Crippen LogP contribution < -0.4 is 5.32 Å². The van der Waals surface area contributed by atoms with Crippen molar-refractivity contribution in [3.05, 3.63) is 35.1 Å². The van der Waals surface area contributed by atoms with Crippen molar-refractivity contribution >= 4 is 21.8 Å². The smallest absolute Gasteiger partial charge is 0.251 e. The summed E-state index contributed by atoms with van der Waals surface area (Å²) in [6.45, 7) is 5.88. The van der Waals surface area contributed by atoms with Crippen molar-refractivity contribution in [2.75, 3.05) is 5.33 Å². The molecule has 0 bridgehead atoms. The number of aryl methyl sites for hydroxylation is 1. The summed E-state index contributed by atoms with van der Waals surface area (Å²) >= 11 is 3.40. The van der Waals surface area contributed by atoms with Crippen molar-refractivity contribution in [1.82, 2.24) is 5.32 Å². The van der Waals surface area contributed by atoms with E-state index in [-0.39, 0.29) is 17.8 Å². The average molecular weight is 316 g/mol. The van der Waals surface area contributed by atoms with Gasteiger partial charge in [0.2, 0.25) is 0 Å². The highest BCUT2D eigenvalue weighted by Crippen LogP contribution is 2.11. The summed E-state index contributed by atoms with van der Waals surface area (Å²) in [5.41, 5.74) is 0.991. The van der Waals surface area contributed by atoms with E-state index in [2.05, 4.69) is 35.1 Å². The Labute approximate surface area is 116 Å². The van der Waals surface area contributed by atoms with E-state index in [0.29, 0.717) is 17.0 Å². The van der Waals surface area contributed by atoms with Crippen molar-refractivity contribution in [2.45, 2.75) is 33.2 Å². The quantitative estimate of drug-likeness (QED) is 0.825. The van der Waals surface area contributed by atoms with Crippen LogP contribution in [0.5, 0.6) is 0 Å². The van der Waals surface area contributed by atoms with E-state index in [1.54, 1.807) is 13.0 Å². The van der Waals surface area contributed by atoms with Crippen LogP contribution in [-0.4, -0.2) is 17.3 Å². The van der Waals surface area contributed by atoms with Crippen LogP contribution in [0.3, 0.4) is 0 Å². The number of hydrogen-bond donors (Lipinski definition) is 1. The van der Waals surface area contributed by atoms with Gasteiger partial charge in [-0.3, -0.25) is 4.79 Å². The molecule has 1 amide bonds. The number of nitrogens with one attached hydrogen (secondary N) is 1. The molecular formula is C14H19BrFNO. The van der Waals surface area contributed by atoms with Gasteiger partial charge in [-0.25, -0.2) is 4.39 Å². The molecule has 1 N–H and O–H groups in total. The van der Waals surface area contributed by atoms with Gasteiger partial charge < -0.3 is 5.32 Å². The predicted molar refractivity (Wildman–Crippen MR) is 75.6 cm³/mol. The van der Waals surface area contributed by atoms with Gasteiger partial charge in [-0.15, -0.1) is 0 Å². The molecule has 0 heterocycles. The highest BCUT2D eigenvalue weighted by atomic mass is 79.9. The summed E-state index contributed by atoms with van der Waals surface area (Å²) in [6, 6.07) is 4.52. The van der Waals surface area contributed by atoms with E-state index in [4.69, 9.17) is 0 Å². The van der Waals surface area contributed by atoms with Crippen LogP contribution in [-0.2, 0) is 0 Å². The Hall–Kier alpha value is -0.900. The fraction of sp³-hybridized carbons (Fsp3) is 0.500. The number of carbonyl (C=O) groups is 1. The summed E-state index contributed by atoms with van der Waals surface area (Å²) < 4.78 is 13.1. The van der Waals surface area contributed by atoms with Crippen LogP contribution in [0.2, 0.25) is 0 Å². The van der Waals surface area contributed by atoms with E-state index >= 15 is 0 Å². The van der Waals surface area contributed by atoms with Gasteiger partial charge in [0.25, 0.3) is 5.91 Å². The Kier molecular flexibility index (Phi) is 5.79. The zero-order chi connectivity index (χ0) is 13.7. The van der Waals surface area contributed by atoms with Gasteiger partial charge in [0.05, 0.1) is 0 Å². The third-order valence-corrected chi connectivity index (χ3v) is 3.48. The number of carbonyl (C=O) groups excluding carboxylic acids is 1. The Morgan fingerprint density at radius 1 is 1.44 bits per heavy atom. The molecule has 2 nitrogen and oxygen atoms in total. The summed E-state index contributed by atoms with van der Waals surface area (Å²) in [5, 5.41) is 3.67. The summed E-state index contributed by atoms with van der Waals surface area (Å²) in [7, 11) is 0. The molecule has 0 aliphatic rings. The molecule has 18 heavy (non-hydrogen) atoms. The van der Waals surface area contributed by atoms with Crippen LogP contribution in [0.1, 0.15) is 36.2 Å². The second-order valence-corrected chi connectivity index (χ2v) is 5.57. The average Bonchev–Trinajstić information content (AvgIpc) is 2.31. The summed E-state index contributed by atoms with van der Waals surface area (Å²) in [4.78, 5) is 12.0. The number of rotatable bonds is 5. The lowest BCUT2D eigenvalue weighted by Crippen LogP contribution is -2.37. The molecule has 0 radical (unpaired) electrons. The minimum absolute atomic E-state index is 0.0999. The molecule has 1 aromatic carbocycles. The highest BCUT2D eigenvalue weighted by molar-refractivity contribution is 9.09. The maximum atomic E-state index is 13.1. The molecule has 1 aromatic rings. The van der Waals surface area contributed by atoms with Gasteiger partial charge in [0, 0.05) is 16.9 Å². The molecular weight excluding hydrogens is 297 g/mol. The Bertz CT molecular complexity index is 420. The fourth-order valence-corrected chi connectivity index (χ4v) is 2.21. The molecule has 4 heteroatoms. The number of alkyl halides is 1. The van der Waals surface area contributed by atoms with Crippen molar-refractivity contribution in [1.29, 1.82) is 0 Å². The van der Waals surface area contributed by atoms with Gasteiger partial charge in [-0.1, -0.05) is 29.8 Å². The van der Waals surface area contributed by atoms with Gasteiger partial charge in [0.15, 0.2) is 0 Å². The summed E-state index contributed by atoms with van der Waals surface area (Å²) in [5.74, 6) is 0.0803. The zero-order valence-electron chi connectivity index (χ0n) is 11.0. The van der Waals surface area contributed by atoms with Gasteiger partial charge in [-0.05, 0) is 43.0 Å². The molecule has 0 saturated heterocycles. The minimum Gasteiger partial charge on any atom is -0.348 e. The normalized spacial score (nSPS) is 12.6. The SMILES string of the molecule is Cc1cc(C(=O)NC(CBr)CC(C)C)ccc1F. The molecule has 100 valence electrons. The second kappa shape index (κ2) is 6.88. The largest absolute Gasteiger partial charge is 0.348 e. The monoisotopic (exact) mass is 315 g/mol. The van der Waals surface area contributed by atoms with Crippen LogP contribution in [0, 0.1) is 18.7 Å². The number of hydrogen-bond acceptors (Lipinski definition) is 1. The first-order valence-electron chi connectivity index (χ1n) is 6.07. The molecule has 1 rings (SSSR count). The van der Waals surface area contributed by atoms with Crippen LogP contribution >= 0.6 is 15.9 Å². The molecule has 0 aromatic heterocycles. The van der Waals surface area contributed by atoms with Crippen molar-refractivity contribution < 1.29 is 9.18 Å². The fourth-order valence-electron chi connectivity index (χ4n) is 1.78. The second-order valence-electron chi connectivity index (χ2n) is 4.92. The van der Waals surface area contributed by atoms with Gasteiger partial charge in [0.1, 0.15) is 5.82 Å². The number of amides is 1. The Morgan fingerprint density at radius 2 is 2.11 bits per heavy atom. The minimum atomic E-state index is -0.286. The maximum absolute atomic E-state index is 13.1. The summed E-state index contributed by atoms with van der Waals surface area (Å²) in [6.07, 6.45) is 0.914. The Morgan fingerprint density at radius 3 is 2.61 bits per heavy atom. The Balaban J connectivity index is 2.71. The first-order chi connectivity index (χ1) is 8.43. The first kappa shape index (κ1) is 15.2.